The maximum Gasteiger partial charge on any atom is 0.0918 e. The summed E-state index contributed by atoms with van der Waals surface area (Å²) < 4.78 is 5.01. The van der Waals surface area contributed by atoms with Crippen molar-refractivity contribution in [1.82, 2.24) is 0 Å². The average molecular weight is 263 g/mol. The third kappa shape index (κ3) is 3.36. The van der Waals surface area contributed by atoms with E-state index in [1.807, 2.05) is 6.92 Å². The van der Waals surface area contributed by atoms with Crippen LogP contribution in [-0.4, -0.2) is 24.4 Å². The fourth-order valence-corrected chi connectivity index (χ4v) is 2.11. The molecule has 1 atom stereocenters. The Bertz CT molecular complexity index is 335. The van der Waals surface area contributed by atoms with Crippen LogP contribution in [0, 0.1) is 0 Å². The van der Waals surface area contributed by atoms with E-state index in [1.165, 1.54) is 0 Å². The highest BCUT2D eigenvalue weighted by Gasteiger charge is 2.27. The van der Waals surface area contributed by atoms with Crippen molar-refractivity contribution in [3.05, 3.63) is 33.8 Å². The molecule has 0 saturated carbocycles. The van der Waals surface area contributed by atoms with E-state index in [-0.39, 0.29) is 6.61 Å². The van der Waals surface area contributed by atoms with Crippen molar-refractivity contribution in [3.63, 3.8) is 0 Å². The summed E-state index contributed by atoms with van der Waals surface area (Å²) in [7, 11) is 1.56. The fraction of sp³-hybridized carbons (Fsp3) is 0.500. The second kappa shape index (κ2) is 5.87. The summed E-state index contributed by atoms with van der Waals surface area (Å²) in [5, 5.41) is 11.4. The minimum atomic E-state index is -0.913. The zero-order chi connectivity index (χ0) is 12.2. The molecule has 0 amide bonds. The summed E-state index contributed by atoms with van der Waals surface area (Å²) in [5.74, 6) is 0. The third-order valence-corrected chi connectivity index (χ3v) is 3.35. The molecule has 4 heteroatoms. The first-order chi connectivity index (χ1) is 7.52. The van der Waals surface area contributed by atoms with E-state index in [0.29, 0.717) is 22.9 Å². The number of rotatable bonds is 5. The van der Waals surface area contributed by atoms with Crippen LogP contribution in [0.1, 0.15) is 18.9 Å². The highest BCUT2D eigenvalue weighted by atomic mass is 35.5. The van der Waals surface area contributed by atoms with E-state index in [1.54, 1.807) is 25.3 Å². The van der Waals surface area contributed by atoms with Crippen molar-refractivity contribution in [2.24, 2.45) is 0 Å². The molecule has 0 aromatic heterocycles. The topological polar surface area (TPSA) is 29.5 Å². The van der Waals surface area contributed by atoms with Crippen molar-refractivity contribution in [1.29, 1.82) is 0 Å². The number of ether oxygens (including phenoxy) is 1. The van der Waals surface area contributed by atoms with E-state index in [2.05, 4.69) is 0 Å². The van der Waals surface area contributed by atoms with E-state index in [9.17, 15) is 5.11 Å². The van der Waals surface area contributed by atoms with Crippen LogP contribution in [0.15, 0.2) is 18.2 Å². The highest BCUT2D eigenvalue weighted by molar-refractivity contribution is 6.36. The number of aliphatic hydroxyl groups is 1. The Morgan fingerprint density at radius 2 is 1.88 bits per heavy atom. The van der Waals surface area contributed by atoms with Gasteiger partial charge in [0, 0.05) is 23.6 Å². The molecule has 1 rings (SSSR count). The van der Waals surface area contributed by atoms with Crippen LogP contribution in [0.3, 0.4) is 0 Å². The zero-order valence-electron chi connectivity index (χ0n) is 9.46. The Morgan fingerprint density at radius 3 is 2.31 bits per heavy atom. The maximum atomic E-state index is 10.3. The third-order valence-electron chi connectivity index (χ3n) is 2.64. The van der Waals surface area contributed by atoms with Crippen LogP contribution in [0.2, 0.25) is 10.0 Å². The second-order valence-corrected chi connectivity index (χ2v) is 4.70. The molecule has 0 saturated heterocycles. The minimum absolute atomic E-state index is 0.269. The Balaban J connectivity index is 2.94. The number of methoxy groups -OCH3 is 1. The van der Waals surface area contributed by atoms with Gasteiger partial charge in [0.1, 0.15) is 0 Å². The molecule has 1 N–H and O–H groups in total. The summed E-state index contributed by atoms with van der Waals surface area (Å²) in [4.78, 5) is 0. The molecule has 2 nitrogen and oxygen atoms in total. The Morgan fingerprint density at radius 1 is 1.31 bits per heavy atom. The van der Waals surface area contributed by atoms with E-state index < -0.39 is 5.60 Å². The molecule has 90 valence electrons. The molecule has 0 aliphatic carbocycles. The first kappa shape index (κ1) is 13.8. The van der Waals surface area contributed by atoms with E-state index >= 15 is 0 Å². The Labute approximate surface area is 106 Å². The Kier molecular flexibility index (Phi) is 5.06. The summed E-state index contributed by atoms with van der Waals surface area (Å²) in [6.07, 6.45) is 0.984. The zero-order valence-corrected chi connectivity index (χ0v) is 11.0. The van der Waals surface area contributed by atoms with E-state index in [4.69, 9.17) is 27.9 Å². The molecule has 0 bridgehead atoms. The van der Waals surface area contributed by atoms with Crippen LogP contribution in [0.5, 0.6) is 0 Å². The highest BCUT2D eigenvalue weighted by Crippen LogP contribution is 2.29. The lowest BCUT2D eigenvalue weighted by atomic mass is 9.92. The van der Waals surface area contributed by atoms with Crippen LogP contribution in [0.25, 0.3) is 0 Å². The van der Waals surface area contributed by atoms with Crippen LogP contribution in [-0.2, 0) is 11.2 Å². The molecule has 0 spiro atoms. The van der Waals surface area contributed by atoms with Gasteiger partial charge in [0.25, 0.3) is 0 Å². The SMILES string of the molecule is CCC(O)(COC)Cc1c(Cl)cccc1Cl. The number of hydrogen-bond donors (Lipinski definition) is 1. The van der Waals surface area contributed by atoms with Crippen LogP contribution < -0.4 is 0 Å². The van der Waals surface area contributed by atoms with Crippen molar-refractivity contribution in [2.45, 2.75) is 25.4 Å². The smallest absolute Gasteiger partial charge is 0.0918 e. The maximum absolute atomic E-state index is 10.3. The summed E-state index contributed by atoms with van der Waals surface area (Å²) in [5.41, 5.74) is -0.143. The summed E-state index contributed by atoms with van der Waals surface area (Å²) in [6, 6.07) is 5.33. The lowest BCUT2D eigenvalue weighted by molar-refractivity contribution is -0.0332. The van der Waals surface area contributed by atoms with E-state index in [0.717, 1.165) is 5.56 Å². The van der Waals surface area contributed by atoms with Crippen molar-refractivity contribution in [3.8, 4) is 0 Å². The minimum Gasteiger partial charge on any atom is -0.387 e. The normalized spacial score (nSPS) is 14.8. The average Bonchev–Trinajstić information content (AvgIpc) is 2.24. The summed E-state index contributed by atoms with van der Waals surface area (Å²) >= 11 is 12.1. The van der Waals surface area contributed by atoms with Gasteiger partial charge < -0.3 is 9.84 Å². The molecule has 0 fully saturated rings. The predicted octanol–water partition coefficient (Wildman–Crippen LogP) is 3.32. The number of benzene rings is 1. The van der Waals surface area contributed by atoms with Crippen LogP contribution in [0.4, 0.5) is 0 Å². The molecule has 1 aromatic rings. The Hall–Kier alpha value is -0.280. The molecule has 0 aliphatic heterocycles. The van der Waals surface area contributed by atoms with Gasteiger partial charge >= 0.3 is 0 Å². The van der Waals surface area contributed by atoms with Gasteiger partial charge in [-0.1, -0.05) is 36.2 Å². The van der Waals surface area contributed by atoms with Crippen LogP contribution >= 0.6 is 23.2 Å². The van der Waals surface area contributed by atoms with Gasteiger partial charge in [-0.3, -0.25) is 0 Å². The second-order valence-electron chi connectivity index (χ2n) is 3.89. The van der Waals surface area contributed by atoms with Crippen molar-refractivity contribution >= 4 is 23.2 Å². The molecule has 0 heterocycles. The molecule has 0 radical (unpaired) electrons. The lowest BCUT2D eigenvalue weighted by Gasteiger charge is -2.26. The van der Waals surface area contributed by atoms with Gasteiger partial charge in [-0.25, -0.2) is 0 Å². The van der Waals surface area contributed by atoms with Crippen molar-refractivity contribution < 1.29 is 9.84 Å². The molecule has 16 heavy (non-hydrogen) atoms. The van der Waals surface area contributed by atoms with Gasteiger partial charge in [0.2, 0.25) is 0 Å². The molecule has 0 aliphatic rings. The number of hydrogen-bond acceptors (Lipinski definition) is 2. The monoisotopic (exact) mass is 262 g/mol. The molecular weight excluding hydrogens is 247 g/mol. The standard InChI is InChI=1S/C12H16Cl2O2/c1-3-12(15,8-16-2)7-9-10(13)5-4-6-11(9)14/h4-6,15H,3,7-8H2,1-2H3. The first-order valence-corrected chi connectivity index (χ1v) is 5.92. The molecule has 1 unspecified atom stereocenters. The number of halogens is 2. The van der Waals surface area contributed by atoms with Gasteiger partial charge in [-0.15, -0.1) is 0 Å². The fourth-order valence-electron chi connectivity index (χ4n) is 1.58. The van der Waals surface area contributed by atoms with Gasteiger partial charge in [0.05, 0.1) is 12.2 Å². The summed E-state index contributed by atoms with van der Waals surface area (Å²) in [6.45, 7) is 2.18. The van der Waals surface area contributed by atoms with Gasteiger partial charge in [0.15, 0.2) is 0 Å². The molecular formula is C12H16Cl2O2. The van der Waals surface area contributed by atoms with Crippen molar-refractivity contribution in [2.75, 3.05) is 13.7 Å². The van der Waals surface area contributed by atoms with Gasteiger partial charge in [-0.05, 0) is 24.1 Å². The quantitative estimate of drug-likeness (QED) is 0.883. The van der Waals surface area contributed by atoms with Gasteiger partial charge in [-0.2, -0.15) is 0 Å². The first-order valence-electron chi connectivity index (χ1n) is 5.16. The lowest BCUT2D eigenvalue weighted by Crippen LogP contribution is -2.36. The predicted molar refractivity (Wildman–Crippen MR) is 67.3 cm³/mol. The largest absolute Gasteiger partial charge is 0.387 e. The molecule has 1 aromatic carbocycles.